The lowest BCUT2D eigenvalue weighted by molar-refractivity contribution is -0.153. The van der Waals surface area contributed by atoms with Gasteiger partial charge in [-0.25, -0.2) is 0 Å². The highest BCUT2D eigenvalue weighted by Crippen LogP contribution is 2.27. The first-order chi connectivity index (χ1) is 12.8. The van der Waals surface area contributed by atoms with Gasteiger partial charge in [-0.1, -0.05) is 17.3 Å². The molecular formula is C18H14F3N3O3. The van der Waals surface area contributed by atoms with Crippen molar-refractivity contribution >= 4 is 11.6 Å². The van der Waals surface area contributed by atoms with Crippen molar-refractivity contribution in [1.82, 2.24) is 10.1 Å². The lowest BCUT2D eigenvalue weighted by Crippen LogP contribution is -2.20. The van der Waals surface area contributed by atoms with Gasteiger partial charge in [0, 0.05) is 11.1 Å². The summed E-state index contributed by atoms with van der Waals surface area (Å²) >= 11 is 0. The van der Waals surface area contributed by atoms with Crippen molar-refractivity contribution in [3.8, 4) is 17.2 Å². The van der Waals surface area contributed by atoms with Gasteiger partial charge in [-0.15, -0.1) is 0 Å². The minimum Gasteiger partial charge on any atom is -0.482 e. The van der Waals surface area contributed by atoms with Gasteiger partial charge in [0.25, 0.3) is 11.8 Å². The average Bonchev–Trinajstić information content (AvgIpc) is 3.07. The van der Waals surface area contributed by atoms with Crippen molar-refractivity contribution < 1.29 is 27.2 Å². The molecule has 3 rings (SSSR count). The zero-order chi connectivity index (χ0) is 19.4. The van der Waals surface area contributed by atoms with Gasteiger partial charge in [0.2, 0.25) is 0 Å². The molecule has 0 spiro atoms. The van der Waals surface area contributed by atoms with Crippen molar-refractivity contribution in [1.29, 1.82) is 0 Å². The molecule has 0 aliphatic heterocycles. The van der Waals surface area contributed by atoms with E-state index in [1.807, 2.05) is 0 Å². The second-order valence-corrected chi connectivity index (χ2v) is 5.58. The summed E-state index contributed by atoms with van der Waals surface area (Å²) in [5.41, 5.74) is 1.09. The molecule has 0 aliphatic carbocycles. The van der Waals surface area contributed by atoms with Gasteiger partial charge < -0.3 is 14.6 Å². The molecule has 27 heavy (non-hydrogen) atoms. The molecule has 0 atom stereocenters. The Morgan fingerprint density at radius 2 is 1.85 bits per heavy atom. The van der Waals surface area contributed by atoms with Crippen LogP contribution in [0.25, 0.3) is 11.5 Å². The van der Waals surface area contributed by atoms with Crippen molar-refractivity contribution in [3.05, 3.63) is 59.9 Å². The molecule has 0 saturated carbocycles. The fourth-order valence-electron chi connectivity index (χ4n) is 2.23. The molecule has 0 fully saturated rings. The van der Waals surface area contributed by atoms with Crippen LogP contribution in [0.2, 0.25) is 0 Å². The van der Waals surface area contributed by atoms with Crippen molar-refractivity contribution in [3.63, 3.8) is 0 Å². The van der Waals surface area contributed by atoms with E-state index >= 15 is 0 Å². The van der Waals surface area contributed by atoms with Crippen LogP contribution in [0.5, 0.6) is 5.75 Å². The van der Waals surface area contributed by atoms with Gasteiger partial charge in [-0.3, -0.25) is 4.79 Å². The molecule has 0 radical (unpaired) electrons. The number of alkyl halides is 3. The van der Waals surface area contributed by atoms with Gasteiger partial charge in [0.05, 0.1) is 5.69 Å². The number of hydrogen-bond acceptors (Lipinski definition) is 5. The maximum Gasteiger partial charge on any atom is 0.422 e. The second-order valence-electron chi connectivity index (χ2n) is 5.58. The van der Waals surface area contributed by atoms with E-state index in [0.29, 0.717) is 22.8 Å². The van der Waals surface area contributed by atoms with Crippen LogP contribution in [0.1, 0.15) is 16.2 Å². The average molecular weight is 377 g/mol. The Hall–Kier alpha value is -3.36. The molecule has 9 heteroatoms. The summed E-state index contributed by atoms with van der Waals surface area (Å²) in [7, 11) is 0. The third kappa shape index (κ3) is 4.84. The number of amides is 1. The molecular weight excluding hydrogens is 363 g/mol. The summed E-state index contributed by atoms with van der Waals surface area (Å²) in [6, 6.07) is 12.3. The number of halogens is 3. The van der Waals surface area contributed by atoms with E-state index in [1.54, 1.807) is 37.3 Å². The van der Waals surface area contributed by atoms with Gasteiger partial charge in [0.1, 0.15) is 5.75 Å². The molecule has 3 aromatic rings. The minimum absolute atomic E-state index is 0.0684. The van der Waals surface area contributed by atoms with Crippen LogP contribution in [-0.4, -0.2) is 28.8 Å². The topological polar surface area (TPSA) is 77.2 Å². The largest absolute Gasteiger partial charge is 0.482 e. The number of ether oxygens (including phenoxy) is 1. The molecule has 1 amide bonds. The number of hydrogen-bond donors (Lipinski definition) is 1. The number of para-hydroxylation sites is 2. The zero-order valence-corrected chi connectivity index (χ0v) is 14.1. The summed E-state index contributed by atoms with van der Waals surface area (Å²) in [6.45, 7) is 0.241. The van der Waals surface area contributed by atoms with Crippen LogP contribution in [0.4, 0.5) is 18.9 Å². The maximum atomic E-state index is 12.4. The number of benzene rings is 2. The predicted molar refractivity (Wildman–Crippen MR) is 90.4 cm³/mol. The number of carbonyl (C=O) groups excluding carboxylic acids is 1. The number of rotatable bonds is 5. The number of nitrogens with one attached hydrogen (secondary N) is 1. The van der Waals surface area contributed by atoms with Crippen molar-refractivity contribution in [2.24, 2.45) is 0 Å². The molecule has 140 valence electrons. The Kier molecular flexibility index (Phi) is 5.11. The zero-order valence-electron chi connectivity index (χ0n) is 14.1. The molecule has 0 saturated heterocycles. The smallest absolute Gasteiger partial charge is 0.422 e. The quantitative estimate of drug-likeness (QED) is 0.720. The van der Waals surface area contributed by atoms with E-state index in [0.717, 1.165) is 0 Å². The van der Waals surface area contributed by atoms with E-state index in [2.05, 4.69) is 15.5 Å². The van der Waals surface area contributed by atoms with Crippen LogP contribution in [0.15, 0.2) is 53.1 Å². The Balaban J connectivity index is 1.72. The van der Waals surface area contributed by atoms with Crippen LogP contribution in [0.3, 0.4) is 0 Å². The van der Waals surface area contributed by atoms with E-state index in [9.17, 15) is 18.0 Å². The van der Waals surface area contributed by atoms with Crippen LogP contribution < -0.4 is 10.1 Å². The number of aromatic nitrogens is 2. The Bertz CT molecular complexity index is 937. The molecule has 1 heterocycles. The number of aryl methyl sites for hydroxylation is 1. The van der Waals surface area contributed by atoms with Gasteiger partial charge in [-0.2, -0.15) is 18.2 Å². The molecule has 1 aromatic heterocycles. The fraction of sp³-hybridized carbons (Fsp3) is 0.167. The predicted octanol–water partition coefficient (Wildman–Crippen LogP) is 4.24. The third-order valence-electron chi connectivity index (χ3n) is 3.45. The SMILES string of the molecule is Cc1noc(-c2ccc(C(=O)Nc3ccccc3OCC(F)(F)F)cc2)n1. The van der Waals surface area contributed by atoms with E-state index in [-0.39, 0.29) is 11.4 Å². The van der Waals surface area contributed by atoms with Crippen LogP contribution in [0, 0.1) is 6.92 Å². The Labute approximate surface area is 152 Å². The second kappa shape index (κ2) is 7.48. The molecule has 0 bridgehead atoms. The number of anilines is 1. The molecule has 6 nitrogen and oxygen atoms in total. The summed E-state index contributed by atoms with van der Waals surface area (Å²) in [5, 5.41) is 6.24. The van der Waals surface area contributed by atoms with Gasteiger partial charge in [0.15, 0.2) is 12.4 Å². The highest BCUT2D eigenvalue weighted by molar-refractivity contribution is 6.05. The maximum absolute atomic E-state index is 12.4. The monoisotopic (exact) mass is 377 g/mol. The highest BCUT2D eigenvalue weighted by Gasteiger charge is 2.28. The molecule has 2 aromatic carbocycles. The van der Waals surface area contributed by atoms with Crippen LogP contribution >= 0.6 is 0 Å². The standard InChI is InChI=1S/C18H14F3N3O3/c1-11-22-17(27-24-11)13-8-6-12(7-9-13)16(25)23-14-4-2-3-5-15(14)26-10-18(19,20)21/h2-9H,10H2,1H3,(H,23,25). The van der Waals surface area contributed by atoms with E-state index in [4.69, 9.17) is 9.26 Å². The minimum atomic E-state index is -4.47. The summed E-state index contributed by atoms with van der Waals surface area (Å²) in [4.78, 5) is 16.5. The normalized spacial score (nSPS) is 11.3. The van der Waals surface area contributed by atoms with E-state index in [1.165, 1.54) is 18.2 Å². The van der Waals surface area contributed by atoms with Gasteiger partial charge >= 0.3 is 6.18 Å². The first-order valence-corrected chi connectivity index (χ1v) is 7.82. The molecule has 0 aliphatic rings. The lowest BCUT2D eigenvalue weighted by Gasteiger charge is -2.13. The van der Waals surface area contributed by atoms with Gasteiger partial charge in [-0.05, 0) is 43.3 Å². The van der Waals surface area contributed by atoms with Crippen molar-refractivity contribution in [2.75, 3.05) is 11.9 Å². The lowest BCUT2D eigenvalue weighted by atomic mass is 10.1. The fourth-order valence-corrected chi connectivity index (χ4v) is 2.23. The number of nitrogens with zero attached hydrogens (tertiary/aromatic N) is 2. The highest BCUT2D eigenvalue weighted by atomic mass is 19.4. The molecule has 1 N–H and O–H groups in total. The molecule has 0 unspecified atom stereocenters. The third-order valence-corrected chi connectivity index (χ3v) is 3.45. The first kappa shape index (κ1) is 18.4. The summed E-state index contributed by atoms with van der Waals surface area (Å²) in [6.07, 6.45) is -4.47. The summed E-state index contributed by atoms with van der Waals surface area (Å²) in [5.74, 6) is 0.250. The van der Waals surface area contributed by atoms with Crippen LogP contribution in [-0.2, 0) is 0 Å². The first-order valence-electron chi connectivity index (χ1n) is 7.82. The Morgan fingerprint density at radius 3 is 2.48 bits per heavy atom. The summed E-state index contributed by atoms with van der Waals surface area (Å²) < 4.78 is 46.8. The van der Waals surface area contributed by atoms with Crippen molar-refractivity contribution in [2.45, 2.75) is 13.1 Å². The number of carbonyl (C=O) groups is 1. The van der Waals surface area contributed by atoms with E-state index < -0.39 is 18.7 Å². The Morgan fingerprint density at radius 1 is 1.15 bits per heavy atom.